The summed E-state index contributed by atoms with van der Waals surface area (Å²) in [5.41, 5.74) is -0.742. The number of fused-ring (bicyclic) bond motifs is 1. The topological polar surface area (TPSA) is 91.0 Å². The average Bonchev–Trinajstić information content (AvgIpc) is 3.57. The Labute approximate surface area is 259 Å². The van der Waals surface area contributed by atoms with Crippen LogP contribution < -0.4 is 10.6 Å². The molecule has 1 aliphatic carbocycles. The molecule has 10 heteroatoms. The number of hydrogen-bond donors (Lipinski definition) is 2. The van der Waals surface area contributed by atoms with Crippen LogP contribution in [0.3, 0.4) is 0 Å². The highest BCUT2D eigenvalue weighted by Crippen LogP contribution is 2.55. The van der Waals surface area contributed by atoms with E-state index in [1.165, 1.54) is 0 Å². The fourth-order valence-electron chi connectivity index (χ4n) is 7.62. The van der Waals surface area contributed by atoms with E-state index in [0.29, 0.717) is 40.7 Å². The van der Waals surface area contributed by atoms with Crippen LogP contribution >= 0.6 is 23.2 Å². The van der Waals surface area contributed by atoms with Crippen LogP contribution in [0.4, 0.5) is 5.69 Å². The SMILES string of the molecule is CCCN(CCC)CCN1C(=O)[C@@H]2[C@H](C(=O)Nc3cc(Cl)cc(Cl)c3)[C@@H]3C=C[C@@]2(O3)[C@@H]1C(=O)N[C@@H]1CCC[C@@H](C)[C@@H]1C. The van der Waals surface area contributed by atoms with Crippen molar-refractivity contribution in [3.63, 3.8) is 0 Å². The molecule has 0 aromatic heterocycles. The van der Waals surface area contributed by atoms with E-state index >= 15 is 0 Å². The Morgan fingerprint density at radius 1 is 1.05 bits per heavy atom. The largest absolute Gasteiger partial charge is 0.359 e. The number of ether oxygens (including phenoxy) is 1. The number of benzene rings is 1. The summed E-state index contributed by atoms with van der Waals surface area (Å²) in [6, 6.07) is 4.02. The van der Waals surface area contributed by atoms with Gasteiger partial charge in [-0.15, -0.1) is 0 Å². The number of nitrogens with one attached hydrogen (secondary N) is 2. The van der Waals surface area contributed by atoms with Crippen LogP contribution in [0.2, 0.25) is 10.0 Å². The van der Waals surface area contributed by atoms with Gasteiger partial charge in [0.1, 0.15) is 11.6 Å². The van der Waals surface area contributed by atoms with Gasteiger partial charge in [0.15, 0.2) is 0 Å². The van der Waals surface area contributed by atoms with Crippen LogP contribution in [0, 0.1) is 23.7 Å². The summed E-state index contributed by atoms with van der Waals surface area (Å²) >= 11 is 12.3. The van der Waals surface area contributed by atoms with Gasteiger partial charge < -0.3 is 25.2 Å². The zero-order valence-electron chi connectivity index (χ0n) is 25.1. The van der Waals surface area contributed by atoms with Crippen LogP contribution in [0.1, 0.15) is 59.8 Å². The third-order valence-electron chi connectivity index (χ3n) is 9.83. The summed E-state index contributed by atoms with van der Waals surface area (Å²) in [5.74, 6) is -1.48. The predicted octanol–water partition coefficient (Wildman–Crippen LogP) is 5.15. The molecule has 1 aromatic rings. The number of amides is 3. The van der Waals surface area contributed by atoms with Crippen LogP contribution in [0.15, 0.2) is 30.4 Å². The Kier molecular flexibility index (Phi) is 9.57. The zero-order chi connectivity index (χ0) is 30.2. The first-order chi connectivity index (χ1) is 20.1. The van der Waals surface area contributed by atoms with Crippen molar-refractivity contribution in [2.75, 3.05) is 31.5 Å². The van der Waals surface area contributed by atoms with E-state index in [0.717, 1.165) is 45.2 Å². The maximum atomic E-state index is 14.3. The maximum Gasteiger partial charge on any atom is 0.246 e. The molecule has 8 atom stereocenters. The van der Waals surface area contributed by atoms with Gasteiger partial charge in [0.2, 0.25) is 17.7 Å². The molecular formula is C32H44Cl2N4O4. The quantitative estimate of drug-likeness (QED) is 0.335. The molecule has 3 heterocycles. The maximum absolute atomic E-state index is 14.3. The lowest BCUT2D eigenvalue weighted by Crippen LogP contribution is -2.58. The first kappa shape index (κ1) is 31.3. The molecule has 1 saturated carbocycles. The Morgan fingerprint density at radius 2 is 1.74 bits per heavy atom. The van der Waals surface area contributed by atoms with Crippen molar-refractivity contribution in [1.29, 1.82) is 0 Å². The highest BCUT2D eigenvalue weighted by molar-refractivity contribution is 6.35. The molecule has 2 N–H and O–H groups in total. The lowest BCUT2D eigenvalue weighted by atomic mass is 9.73. The number of halogens is 2. The van der Waals surface area contributed by atoms with Crippen molar-refractivity contribution in [2.45, 2.75) is 83.6 Å². The summed E-state index contributed by atoms with van der Waals surface area (Å²) in [4.78, 5) is 46.3. The van der Waals surface area contributed by atoms with Crippen molar-refractivity contribution >= 4 is 46.6 Å². The van der Waals surface area contributed by atoms with Crippen LogP contribution in [0.25, 0.3) is 0 Å². The summed E-state index contributed by atoms with van der Waals surface area (Å²) in [6.07, 6.45) is 8.26. The minimum absolute atomic E-state index is 0.0413. The predicted molar refractivity (Wildman–Crippen MR) is 165 cm³/mol. The molecule has 0 unspecified atom stereocenters. The Balaban J connectivity index is 1.43. The van der Waals surface area contributed by atoms with Crippen molar-refractivity contribution in [3.05, 3.63) is 40.4 Å². The Morgan fingerprint density at radius 3 is 2.40 bits per heavy atom. The van der Waals surface area contributed by atoms with Gasteiger partial charge in [-0.2, -0.15) is 0 Å². The molecule has 3 amide bonds. The number of carbonyl (C=O) groups excluding carboxylic acids is 3. The van der Waals surface area contributed by atoms with Gasteiger partial charge in [0.05, 0.1) is 17.9 Å². The van der Waals surface area contributed by atoms with Crippen molar-refractivity contribution in [2.24, 2.45) is 23.7 Å². The van der Waals surface area contributed by atoms with Crippen molar-refractivity contribution in [3.8, 4) is 0 Å². The molecule has 1 aromatic carbocycles. The third kappa shape index (κ3) is 5.84. The molecule has 42 heavy (non-hydrogen) atoms. The van der Waals surface area contributed by atoms with Crippen LogP contribution in [-0.4, -0.2) is 77.5 Å². The molecule has 3 aliphatic heterocycles. The molecule has 2 saturated heterocycles. The first-order valence-corrected chi connectivity index (χ1v) is 16.3. The molecule has 3 fully saturated rings. The standard InChI is InChI=1S/C32H44Cl2N4O4/c1-5-12-37(13-6-2)14-15-38-28(30(40)36-24-9-7-8-19(3)20(24)4)32-11-10-25(42-32)26(27(32)31(38)41)29(39)35-23-17-21(33)16-22(34)18-23/h10-11,16-20,24-28H,5-9,12-15H2,1-4H3,(H,35,39)(H,36,40)/t19-,20+,24-,25+,26-,27+,28+,32+/m1/s1. The molecule has 4 aliphatic rings. The number of anilines is 1. The molecule has 8 nitrogen and oxygen atoms in total. The fraction of sp³-hybridized carbons (Fsp3) is 0.656. The number of likely N-dealkylation sites (tertiary alicyclic amines) is 1. The smallest absolute Gasteiger partial charge is 0.246 e. The van der Waals surface area contributed by atoms with Gasteiger partial charge in [0.25, 0.3) is 0 Å². The minimum Gasteiger partial charge on any atom is -0.359 e. The minimum atomic E-state index is -1.19. The fourth-order valence-corrected chi connectivity index (χ4v) is 8.15. The van der Waals surface area contributed by atoms with E-state index in [-0.39, 0.29) is 23.8 Å². The summed E-state index contributed by atoms with van der Waals surface area (Å²) in [7, 11) is 0. The molecule has 1 spiro atoms. The number of carbonyl (C=O) groups is 3. The van der Waals surface area contributed by atoms with Crippen molar-refractivity contribution < 1.29 is 19.1 Å². The van der Waals surface area contributed by atoms with Gasteiger partial charge in [-0.3, -0.25) is 14.4 Å². The number of hydrogen-bond acceptors (Lipinski definition) is 5. The van der Waals surface area contributed by atoms with Gasteiger partial charge in [0, 0.05) is 34.9 Å². The second-order valence-corrected chi connectivity index (χ2v) is 13.5. The molecular weight excluding hydrogens is 575 g/mol. The second kappa shape index (κ2) is 12.8. The van der Waals surface area contributed by atoms with Gasteiger partial charge in [-0.1, -0.05) is 75.9 Å². The molecule has 230 valence electrons. The molecule has 0 radical (unpaired) electrons. The van der Waals surface area contributed by atoms with E-state index in [2.05, 4.69) is 43.2 Å². The normalized spacial score (nSPS) is 33.4. The Hall–Kier alpha value is -2.13. The third-order valence-corrected chi connectivity index (χ3v) is 10.3. The van der Waals surface area contributed by atoms with Crippen LogP contribution in [-0.2, 0) is 19.1 Å². The monoisotopic (exact) mass is 618 g/mol. The number of rotatable bonds is 11. The second-order valence-electron chi connectivity index (χ2n) is 12.6. The summed E-state index contributed by atoms with van der Waals surface area (Å²) < 4.78 is 6.52. The van der Waals surface area contributed by atoms with Crippen molar-refractivity contribution in [1.82, 2.24) is 15.1 Å². The summed E-state index contributed by atoms with van der Waals surface area (Å²) in [6.45, 7) is 11.6. The van der Waals surface area contributed by atoms with E-state index in [9.17, 15) is 14.4 Å². The average molecular weight is 620 g/mol. The highest BCUT2D eigenvalue weighted by Gasteiger charge is 2.72. The van der Waals surface area contributed by atoms with Crippen LogP contribution in [0.5, 0.6) is 0 Å². The lowest BCUT2D eigenvalue weighted by molar-refractivity contribution is -0.141. The summed E-state index contributed by atoms with van der Waals surface area (Å²) in [5, 5.41) is 7.02. The van der Waals surface area contributed by atoms with Gasteiger partial charge in [-0.25, -0.2) is 0 Å². The van der Waals surface area contributed by atoms with E-state index in [1.54, 1.807) is 23.1 Å². The molecule has 2 bridgehead atoms. The first-order valence-electron chi connectivity index (χ1n) is 15.6. The van der Waals surface area contributed by atoms with Gasteiger partial charge in [-0.05, 0) is 62.4 Å². The zero-order valence-corrected chi connectivity index (χ0v) is 26.6. The van der Waals surface area contributed by atoms with E-state index in [4.69, 9.17) is 27.9 Å². The molecule has 5 rings (SSSR count). The van der Waals surface area contributed by atoms with E-state index < -0.39 is 29.6 Å². The van der Waals surface area contributed by atoms with E-state index in [1.807, 2.05) is 12.2 Å². The highest BCUT2D eigenvalue weighted by atomic mass is 35.5. The lowest BCUT2D eigenvalue weighted by Gasteiger charge is -2.38. The Bertz CT molecular complexity index is 1200. The number of nitrogens with zero attached hydrogens (tertiary/aromatic N) is 2. The van der Waals surface area contributed by atoms with Gasteiger partial charge >= 0.3 is 0 Å².